The number of fused-ring (bicyclic) bond motifs is 13. The first-order chi connectivity index (χ1) is 54.5. The molecule has 0 atom stereocenters. The number of aromatic nitrogens is 12. The monoisotopic (exact) mass is 1500 g/mol. The number of rotatable bonds is 14. The molecule has 0 aliphatic carbocycles. The molecule has 0 N–H and O–H groups in total. The maximum atomic E-state index is 12.1. The van der Waals surface area contributed by atoms with Gasteiger partial charge in [0, 0.05) is 82.3 Å². The van der Waals surface area contributed by atoms with E-state index in [0.29, 0.717) is 57.5 Å². The van der Waals surface area contributed by atoms with Crippen molar-refractivity contribution in [1.29, 1.82) is 0 Å². The highest BCUT2D eigenvalue weighted by Gasteiger charge is 2.26. The number of aromatic carboxylic acids is 1. The van der Waals surface area contributed by atoms with Crippen LogP contribution in [0.25, 0.3) is 178 Å². The predicted molar refractivity (Wildman–Crippen MR) is 426 cm³/mol. The molecule has 0 aliphatic heterocycles. The third-order valence-corrected chi connectivity index (χ3v) is 21.8. The van der Waals surface area contributed by atoms with Crippen molar-refractivity contribution in [2.24, 2.45) is 0 Å². The zero-order valence-electron chi connectivity index (χ0n) is 59.0. The second-order valence-corrected chi connectivity index (χ2v) is 29.3. The van der Waals surface area contributed by atoms with Crippen LogP contribution in [0, 0.1) is 0 Å². The highest BCUT2D eigenvalue weighted by Crippen LogP contribution is 2.43. The summed E-state index contributed by atoms with van der Waals surface area (Å²) in [5, 5.41) is 20.1. The molecular weight excluding hydrogens is 1450 g/mol. The van der Waals surface area contributed by atoms with Crippen molar-refractivity contribution in [2.45, 2.75) is 9.79 Å². The fraction of sp³-hybridized carbons (Fsp3) is 0.0227. The molecule has 0 fully saturated rings. The standard InChI is InChI=1S/C46H28N7O3S.C42H29N5O7S/c54-57(55,56)32-23-24-37-38(25-32)48-43(47-37)30-19-21-31(22-20-30)52-39-17-9-7-15-33(39)35-27-42-36(26-41(35)52)34-16-8-10-18-40(34)53(42)46-50-44(28-11-3-1-4-12-28)49-45(51-46)29-13-5-2-6-14-29;1-53-36-18-17-26(21-31(36)41(48)49)46-32-14-8-6-12-27(32)29-23-35-30(22-34(29)46)28-13-7-9-15-33(28)47(35)42-44-39(24-10-4-3-5-11-24)43-40(45-42)25-16-19-38(55(50,51)52)37(20-25)54-2/h1-27H,(H-,47,48,54,55,56);3-23H,1-2H3,(H,48,49)(H,50,51,52)/q-1;/p-3. The van der Waals surface area contributed by atoms with E-state index in [-0.39, 0.29) is 27.8 Å². The van der Waals surface area contributed by atoms with E-state index in [4.69, 9.17) is 39.4 Å². The minimum Gasteiger partial charge on any atom is -0.744 e. The van der Waals surface area contributed by atoms with Crippen LogP contribution in [0.3, 0.4) is 0 Å². The molecule has 0 aliphatic rings. The Balaban J connectivity index is 0.000000151. The number of carbonyl (C=O) groups excluding carboxylic acids is 1. The van der Waals surface area contributed by atoms with Crippen LogP contribution in [0.1, 0.15) is 10.4 Å². The normalized spacial score (nSPS) is 12.0. The van der Waals surface area contributed by atoms with Gasteiger partial charge in [0.05, 0.1) is 74.1 Å². The van der Waals surface area contributed by atoms with Crippen molar-refractivity contribution in [3.05, 3.63) is 297 Å². The molecular formula is C88H54N12O10S2-4. The molecule has 112 heavy (non-hydrogen) atoms. The Morgan fingerprint density at radius 3 is 1.16 bits per heavy atom. The number of hydrogen-bond donors (Lipinski definition) is 0. The molecule has 0 radical (unpaired) electrons. The van der Waals surface area contributed by atoms with Crippen LogP contribution >= 0.6 is 0 Å². The third-order valence-electron chi connectivity index (χ3n) is 20.1. The van der Waals surface area contributed by atoms with Gasteiger partial charge in [0.15, 0.2) is 23.3 Å². The minimum atomic E-state index is -4.82. The average Bonchev–Trinajstić information content (AvgIpc) is 1.56. The number of carbonyl (C=O) groups is 1. The summed E-state index contributed by atoms with van der Waals surface area (Å²) in [5.74, 6) is 1.77. The van der Waals surface area contributed by atoms with Crippen molar-refractivity contribution in [1.82, 2.24) is 58.1 Å². The van der Waals surface area contributed by atoms with E-state index in [0.717, 1.165) is 115 Å². The molecule has 20 aromatic rings. The number of hydrogen-bond acceptors (Lipinski definition) is 17. The van der Waals surface area contributed by atoms with Gasteiger partial charge < -0.3 is 47.6 Å². The number of benzene rings is 13. The molecule has 0 spiro atoms. The van der Waals surface area contributed by atoms with Crippen LogP contribution in [0.15, 0.2) is 301 Å². The molecule has 7 aromatic heterocycles. The van der Waals surface area contributed by atoms with Crippen molar-refractivity contribution in [3.8, 4) is 91.7 Å². The number of nitrogens with zero attached hydrogens (tertiary/aromatic N) is 12. The summed E-state index contributed by atoms with van der Waals surface area (Å²) in [7, 11) is -6.72. The number of methoxy groups -OCH3 is 2. The Morgan fingerprint density at radius 2 is 0.732 bits per heavy atom. The maximum absolute atomic E-state index is 12.1. The Labute approximate surface area is 636 Å². The van der Waals surface area contributed by atoms with E-state index in [1.54, 1.807) is 12.1 Å². The molecule has 7 heterocycles. The lowest BCUT2D eigenvalue weighted by Gasteiger charge is -2.14. The molecule has 0 unspecified atom stereocenters. The fourth-order valence-electron chi connectivity index (χ4n) is 15.0. The van der Waals surface area contributed by atoms with Gasteiger partial charge in [-0.15, -0.1) is 0 Å². The van der Waals surface area contributed by atoms with Gasteiger partial charge in [-0.1, -0.05) is 188 Å². The number of ether oxygens (including phenoxy) is 2. The lowest BCUT2D eigenvalue weighted by molar-refractivity contribution is -0.255. The Morgan fingerprint density at radius 1 is 0.339 bits per heavy atom. The van der Waals surface area contributed by atoms with Crippen LogP contribution < -0.4 is 19.6 Å². The van der Waals surface area contributed by atoms with E-state index in [9.17, 15) is 35.8 Å². The second-order valence-electron chi connectivity index (χ2n) is 26.5. The highest BCUT2D eigenvalue weighted by atomic mass is 32.2. The first-order valence-corrected chi connectivity index (χ1v) is 38.0. The lowest BCUT2D eigenvalue weighted by Crippen LogP contribution is -2.23. The number of imidazole rings is 1. The Hall–Kier alpha value is -14.6. The molecule has 0 saturated carbocycles. The van der Waals surface area contributed by atoms with Gasteiger partial charge in [0.25, 0.3) is 0 Å². The minimum absolute atomic E-state index is 0.0645. The predicted octanol–water partition coefficient (Wildman–Crippen LogP) is 16.2. The van der Waals surface area contributed by atoms with Crippen LogP contribution in [0.5, 0.6) is 11.5 Å². The van der Waals surface area contributed by atoms with Gasteiger partial charge in [-0.05, 0) is 126 Å². The molecule has 20 rings (SSSR count). The van der Waals surface area contributed by atoms with Gasteiger partial charge in [-0.2, -0.15) is 19.9 Å². The summed E-state index contributed by atoms with van der Waals surface area (Å²) in [6, 6.07) is 91.6. The lowest BCUT2D eigenvalue weighted by atomic mass is 10.1. The van der Waals surface area contributed by atoms with Gasteiger partial charge in [0.1, 0.15) is 31.7 Å². The second kappa shape index (κ2) is 26.7. The van der Waals surface area contributed by atoms with Crippen LogP contribution in [-0.2, 0) is 20.2 Å². The third kappa shape index (κ3) is 11.6. The SMILES string of the molecule is COc1ccc(-n2c3ccccc3c3cc4c(cc32)c2ccccc2n4-c2nc(-c3ccccc3)nc(-c3ccc(S(=O)(=O)[O-])c(OC)c3)n2)cc1C(=O)[O-].O=S(=O)([O-])c1ccc2nc(-c3ccc(-n4c5ccccc5c5cc6c(cc54)c4ccccc4n6-c4nc(-c5ccccc5)nc(-c5ccccc5)n4)cc3)[n-]c2c1. The van der Waals surface area contributed by atoms with Crippen LogP contribution in [0.4, 0.5) is 0 Å². The van der Waals surface area contributed by atoms with Gasteiger partial charge in [-0.3, -0.25) is 9.13 Å². The van der Waals surface area contributed by atoms with Crippen molar-refractivity contribution >= 4 is 124 Å². The molecule has 0 bridgehead atoms. The topological polar surface area (TPSA) is 297 Å². The first kappa shape index (κ1) is 68.0. The van der Waals surface area contributed by atoms with E-state index in [1.165, 1.54) is 50.6 Å². The first-order valence-electron chi connectivity index (χ1n) is 35.2. The number of carboxylic acids is 1. The smallest absolute Gasteiger partial charge is 0.238 e. The largest absolute Gasteiger partial charge is 0.744 e. The fourth-order valence-corrected chi connectivity index (χ4v) is 16.2. The summed E-state index contributed by atoms with van der Waals surface area (Å²) < 4.78 is 89.7. The zero-order valence-corrected chi connectivity index (χ0v) is 60.6. The maximum Gasteiger partial charge on any atom is 0.238 e. The summed E-state index contributed by atoms with van der Waals surface area (Å²) in [4.78, 5) is 50.4. The number of para-hydroxylation sites is 4. The quantitative estimate of drug-likeness (QED) is 0.0914. The Kier molecular flexibility index (Phi) is 16.2. The molecule has 24 heteroatoms. The van der Waals surface area contributed by atoms with E-state index in [2.05, 4.69) is 79.8 Å². The van der Waals surface area contributed by atoms with E-state index in [1.807, 2.05) is 191 Å². The van der Waals surface area contributed by atoms with Crippen LogP contribution in [0.2, 0.25) is 0 Å². The van der Waals surface area contributed by atoms with Gasteiger partial charge >= 0.3 is 0 Å². The molecule has 0 saturated heterocycles. The highest BCUT2D eigenvalue weighted by molar-refractivity contribution is 7.86. The average molecular weight is 1500 g/mol. The van der Waals surface area contributed by atoms with Crippen molar-refractivity contribution < 1.29 is 45.3 Å². The summed E-state index contributed by atoms with van der Waals surface area (Å²) in [5.41, 5.74) is 13.4. The van der Waals surface area contributed by atoms with Crippen LogP contribution in [-0.4, -0.2) is 99.3 Å². The summed E-state index contributed by atoms with van der Waals surface area (Å²) >= 11 is 0. The molecule has 542 valence electrons. The molecule has 0 amide bonds. The summed E-state index contributed by atoms with van der Waals surface area (Å²) in [6.07, 6.45) is 0. The number of carboxylic acid groups (broad SMARTS) is 1. The van der Waals surface area contributed by atoms with E-state index >= 15 is 0 Å². The van der Waals surface area contributed by atoms with E-state index < -0.39 is 31.1 Å². The van der Waals surface area contributed by atoms with Gasteiger partial charge in [0.2, 0.25) is 11.9 Å². The van der Waals surface area contributed by atoms with Crippen molar-refractivity contribution in [3.63, 3.8) is 0 Å². The van der Waals surface area contributed by atoms with Crippen molar-refractivity contribution in [2.75, 3.05) is 14.2 Å². The zero-order chi connectivity index (χ0) is 76.3. The molecule has 13 aromatic carbocycles. The molecule has 22 nitrogen and oxygen atoms in total. The Bertz CT molecular complexity index is 7460. The van der Waals surface area contributed by atoms with Gasteiger partial charge in [-0.25, -0.2) is 26.8 Å². The summed E-state index contributed by atoms with van der Waals surface area (Å²) in [6.45, 7) is 0.